The van der Waals surface area contributed by atoms with Crippen LogP contribution in [0.15, 0.2) is 39.5 Å². The van der Waals surface area contributed by atoms with E-state index in [1.807, 2.05) is 6.07 Å². The minimum atomic E-state index is -0.584. The molecule has 1 heterocycles. The number of aryl methyl sites for hydroxylation is 2. The minimum absolute atomic E-state index is 0.0396. The number of aromatic nitrogens is 1. The predicted molar refractivity (Wildman–Crippen MR) is 80.7 cm³/mol. The van der Waals surface area contributed by atoms with Gasteiger partial charge in [-0.1, -0.05) is 0 Å². The molecule has 0 saturated heterocycles. The zero-order valence-electron chi connectivity index (χ0n) is 12.4. The van der Waals surface area contributed by atoms with Crippen molar-refractivity contribution in [1.82, 2.24) is 4.57 Å². The molecule has 3 aromatic rings. The van der Waals surface area contributed by atoms with Crippen LogP contribution in [0.25, 0.3) is 11.1 Å². The molecule has 0 spiro atoms. The van der Waals surface area contributed by atoms with Crippen LogP contribution in [0.3, 0.4) is 0 Å². The number of oxazole rings is 1. The van der Waals surface area contributed by atoms with Crippen molar-refractivity contribution in [2.75, 3.05) is 0 Å². The van der Waals surface area contributed by atoms with E-state index < -0.39 is 17.4 Å². The molecule has 0 unspecified atom stereocenters. The Bertz CT molecular complexity index is 1050. The van der Waals surface area contributed by atoms with E-state index >= 15 is 0 Å². The Morgan fingerprint density at radius 2 is 2.04 bits per heavy atom. The van der Waals surface area contributed by atoms with Gasteiger partial charge in [-0.05, 0) is 42.8 Å². The molecule has 0 aliphatic heterocycles. The molecule has 1 aromatic heterocycles. The quantitative estimate of drug-likeness (QED) is 0.682. The van der Waals surface area contributed by atoms with Crippen LogP contribution in [-0.4, -0.2) is 10.4 Å². The zero-order valence-corrected chi connectivity index (χ0v) is 12.4. The number of hydrogen-bond acceptors (Lipinski definition) is 4. The van der Waals surface area contributed by atoms with Gasteiger partial charge in [0.2, 0.25) is 0 Å². The summed E-state index contributed by atoms with van der Waals surface area (Å²) in [6, 6.07) is 8.30. The standard InChI is InChI=1S/C17H11FN2O3/c1-9-5-10(7-14-15(9)20(2)17(22)23-14)16(21)13-4-3-12(18)6-11(13)8-19/h3-7H,1-2H3. The maximum Gasteiger partial charge on any atom is 0.419 e. The van der Waals surface area contributed by atoms with Crippen molar-refractivity contribution < 1.29 is 13.6 Å². The fourth-order valence-electron chi connectivity index (χ4n) is 2.60. The Labute approximate surface area is 130 Å². The zero-order chi connectivity index (χ0) is 16.7. The predicted octanol–water partition coefficient (Wildman–Crippen LogP) is 2.68. The van der Waals surface area contributed by atoms with Crippen molar-refractivity contribution in [2.45, 2.75) is 6.92 Å². The van der Waals surface area contributed by atoms with E-state index in [1.165, 1.54) is 16.7 Å². The Hall–Kier alpha value is -3.20. The van der Waals surface area contributed by atoms with Gasteiger partial charge < -0.3 is 4.42 Å². The highest BCUT2D eigenvalue weighted by molar-refractivity contribution is 6.11. The summed E-state index contributed by atoms with van der Waals surface area (Å²) in [6.07, 6.45) is 0. The van der Waals surface area contributed by atoms with Crippen molar-refractivity contribution in [2.24, 2.45) is 7.05 Å². The summed E-state index contributed by atoms with van der Waals surface area (Å²) < 4.78 is 19.7. The maximum absolute atomic E-state index is 13.2. The molecule has 6 heteroatoms. The molecular weight excluding hydrogens is 299 g/mol. The SMILES string of the molecule is Cc1cc(C(=O)c2ccc(F)cc2C#N)cc2oc(=O)n(C)c12. The van der Waals surface area contributed by atoms with E-state index in [1.54, 1.807) is 20.0 Å². The van der Waals surface area contributed by atoms with Crippen molar-refractivity contribution in [1.29, 1.82) is 5.26 Å². The topological polar surface area (TPSA) is 76.0 Å². The summed E-state index contributed by atoms with van der Waals surface area (Å²) in [5, 5.41) is 9.07. The van der Waals surface area contributed by atoms with Gasteiger partial charge in [0.1, 0.15) is 11.9 Å². The van der Waals surface area contributed by atoms with E-state index in [2.05, 4.69) is 0 Å². The van der Waals surface area contributed by atoms with E-state index in [0.717, 1.165) is 12.1 Å². The summed E-state index contributed by atoms with van der Waals surface area (Å²) in [4.78, 5) is 24.2. The molecular formula is C17H11FN2O3. The summed E-state index contributed by atoms with van der Waals surface area (Å²) >= 11 is 0. The van der Waals surface area contributed by atoms with Crippen LogP contribution in [-0.2, 0) is 7.05 Å². The fourth-order valence-corrected chi connectivity index (χ4v) is 2.60. The average Bonchev–Trinajstić information content (AvgIpc) is 2.81. The van der Waals surface area contributed by atoms with Crippen LogP contribution in [0.2, 0.25) is 0 Å². The summed E-state index contributed by atoms with van der Waals surface area (Å²) in [7, 11) is 1.58. The third-order valence-corrected chi connectivity index (χ3v) is 3.68. The second-order valence-electron chi connectivity index (χ2n) is 5.20. The van der Waals surface area contributed by atoms with Crippen molar-refractivity contribution in [3.05, 3.63) is 69.0 Å². The van der Waals surface area contributed by atoms with E-state index in [4.69, 9.17) is 9.68 Å². The highest BCUT2D eigenvalue weighted by Gasteiger charge is 2.18. The van der Waals surface area contributed by atoms with Gasteiger partial charge in [-0.25, -0.2) is 9.18 Å². The molecule has 2 aromatic carbocycles. The molecule has 0 saturated carbocycles. The van der Waals surface area contributed by atoms with Crippen LogP contribution >= 0.6 is 0 Å². The number of carbonyl (C=O) groups is 1. The van der Waals surface area contributed by atoms with Gasteiger partial charge >= 0.3 is 5.76 Å². The smallest absolute Gasteiger partial charge is 0.408 e. The molecule has 3 rings (SSSR count). The highest BCUT2D eigenvalue weighted by Crippen LogP contribution is 2.22. The molecule has 5 nitrogen and oxygen atoms in total. The van der Waals surface area contributed by atoms with Gasteiger partial charge in [-0.3, -0.25) is 9.36 Å². The van der Waals surface area contributed by atoms with E-state index in [9.17, 15) is 14.0 Å². The highest BCUT2D eigenvalue weighted by atomic mass is 19.1. The van der Waals surface area contributed by atoms with Crippen molar-refractivity contribution in [3.8, 4) is 6.07 Å². The Morgan fingerprint density at radius 1 is 1.30 bits per heavy atom. The van der Waals surface area contributed by atoms with E-state index in [0.29, 0.717) is 16.7 Å². The summed E-state index contributed by atoms with van der Waals surface area (Å²) in [5.41, 5.74) is 1.92. The average molecular weight is 310 g/mol. The molecule has 114 valence electrons. The van der Waals surface area contributed by atoms with Gasteiger partial charge in [0.15, 0.2) is 11.4 Å². The van der Waals surface area contributed by atoms with Gasteiger partial charge in [-0.15, -0.1) is 0 Å². The van der Waals surface area contributed by atoms with Crippen molar-refractivity contribution >= 4 is 16.9 Å². The second kappa shape index (κ2) is 5.21. The van der Waals surface area contributed by atoms with Gasteiger partial charge in [0.05, 0.1) is 11.1 Å². The Kier molecular flexibility index (Phi) is 3.34. The lowest BCUT2D eigenvalue weighted by molar-refractivity contribution is 0.103. The second-order valence-corrected chi connectivity index (χ2v) is 5.20. The summed E-state index contributed by atoms with van der Waals surface area (Å²) in [6.45, 7) is 1.75. The monoisotopic (exact) mass is 310 g/mol. The molecule has 0 amide bonds. The third-order valence-electron chi connectivity index (χ3n) is 3.68. The van der Waals surface area contributed by atoms with Gasteiger partial charge in [-0.2, -0.15) is 5.26 Å². The Balaban J connectivity index is 2.20. The first-order valence-electron chi connectivity index (χ1n) is 6.77. The molecule has 0 atom stereocenters. The number of hydrogen-bond donors (Lipinski definition) is 0. The van der Waals surface area contributed by atoms with E-state index in [-0.39, 0.29) is 16.7 Å². The fraction of sp³-hybridized carbons (Fsp3) is 0.118. The first-order valence-corrected chi connectivity index (χ1v) is 6.77. The first kappa shape index (κ1) is 14.7. The van der Waals surface area contributed by atoms with Crippen LogP contribution in [0, 0.1) is 24.1 Å². The first-order chi connectivity index (χ1) is 10.9. The molecule has 23 heavy (non-hydrogen) atoms. The number of ketones is 1. The van der Waals surface area contributed by atoms with Crippen LogP contribution in [0.1, 0.15) is 27.0 Å². The normalized spacial score (nSPS) is 10.7. The molecule has 0 N–H and O–H groups in total. The van der Waals surface area contributed by atoms with Crippen LogP contribution in [0.4, 0.5) is 4.39 Å². The molecule has 0 bridgehead atoms. The lowest BCUT2D eigenvalue weighted by Crippen LogP contribution is -2.09. The van der Waals surface area contributed by atoms with Crippen LogP contribution in [0.5, 0.6) is 0 Å². The van der Waals surface area contributed by atoms with Gasteiger partial charge in [0.25, 0.3) is 0 Å². The third kappa shape index (κ3) is 2.32. The number of nitriles is 1. The Morgan fingerprint density at radius 3 is 2.74 bits per heavy atom. The largest absolute Gasteiger partial charge is 0.419 e. The summed E-state index contributed by atoms with van der Waals surface area (Å²) in [5.74, 6) is -1.54. The maximum atomic E-state index is 13.2. The lowest BCUT2D eigenvalue weighted by atomic mass is 9.97. The molecule has 0 aliphatic carbocycles. The minimum Gasteiger partial charge on any atom is -0.408 e. The number of carbonyl (C=O) groups excluding carboxylic acids is 1. The molecule has 0 fully saturated rings. The molecule has 0 aliphatic rings. The molecule has 0 radical (unpaired) electrons. The number of rotatable bonds is 2. The number of benzene rings is 2. The van der Waals surface area contributed by atoms with Gasteiger partial charge in [0, 0.05) is 18.2 Å². The number of halogens is 1. The lowest BCUT2D eigenvalue weighted by Gasteiger charge is -2.06. The number of fused-ring (bicyclic) bond motifs is 1. The van der Waals surface area contributed by atoms with Crippen LogP contribution < -0.4 is 5.76 Å². The van der Waals surface area contributed by atoms with Crippen molar-refractivity contribution in [3.63, 3.8) is 0 Å². The number of nitrogens with zero attached hydrogens (tertiary/aromatic N) is 2.